The van der Waals surface area contributed by atoms with Gasteiger partial charge in [0.15, 0.2) is 0 Å². The quantitative estimate of drug-likeness (QED) is 0.557. The van der Waals surface area contributed by atoms with E-state index in [1.54, 1.807) is 4.68 Å². The molecule has 1 fully saturated rings. The van der Waals surface area contributed by atoms with E-state index in [0.717, 1.165) is 22.6 Å². The maximum atomic E-state index is 12.8. The molecule has 0 N–H and O–H groups in total. The number of hydrogen-bond acceptors (Lipinski definition) is 7. The van der Waals surface area contributed by atoms with Crippen LogP contribution in [0.2, 0.25) is 0 Å². The number of piperazine rings is 1. The minimum absolute atomic E-state index is 0.149. The first kappa shape index (κ1) is 21.5. The Balaban J connectivity index is 1.33. The maximum Gasteiger partial charge on any atom is 0.250 e. The number of carbonyl (C=O) groups is 1. The molecule has 0 aliphatic carbocycles. The zero-order valence-corrected chi connectivity index (χ0v) is 18.5. The van der Waals surface area contributed by atoms with E-state index in [1.807, 2.05) is 53.8 Å². The molecule has 2 aromatic heterocycles. The van der Waals surface area contributed by atoms with E-state index in [-0.39, 0.29) is 5.91 Å². The fourth-order valence-electron chi connectivity index (χ4n) is 4.13. The average molecular weight is 434 g/mol. The highest BCUT2D eigenvalue weighted by atomic mass is 16.2. The highest BCUT2D eigenvalue weighted by Gasteiger charge is 2.25. The fraction of sp³-hybridized carbons (Fsp3) is 0.455. The molecule has 0 atom stereocenters. The number of amides is 1. The molecule has 10 heteroatoms. The van der Waals surface area contributed by atoms with Crippen molar-refractivity contribution in [1.29, 1.82) is 5.26 Å². The monoisotopic (exact) mass is 433 g/mol. The number of tetrazole rings is 1. The summed E-state index contributed by atoms with van der Waals surface area (Å²) in [7, 11) is 0. The summed E-state index contributed by atoms with van der Waals surface area (Å²) in [5, 5.41) is 25.5. The van der Waals surface area contributed by atoms with Gasteiger partial charge in [-0.2, -0.15) is 15.0 Å². The van der Waals surface area contributed by atoms with E-state index in [9.17, 15) is 4.79 Å². The number of nitriles is 1. The van der Waals surface area contributed by atoms with Crippen LogP contribution < -0.4 is 4.90 Å². The average Bonchev–Trinajstić information content (AvgIpc) is 3.41. The molecule has 1 aliphatic rings. The first-order valence-electron chi connectivity index (χ1n) is 10.8. The first-order chi connectivity index (χ1) is 15.6. The van der Waals surface area contributed by atoms with Gasteiger partial charge in [0.05, 0.1) is 30.4 Å². The number of aromatic nitrogens is 6. The van der Waals surface area contributed by atoms with Crippen LogP contribution in [-0.2, 0) is 17.8 Å². The van der Waals surface area contributed by atoms with Gasteiger partial charge in [-0.05, 0) is 48.4 Å². The predicted molar refractivity (Wildman–Crippen MR) is 118 cm³/mol. The Bertz CT molecular complexity index is 1100. The highest BCUT2D eigenvalue weighted by Crippen LogP contribution is 2.19. The Morgan fingerprint density at radius 1 is 1.12 bits per heavy atom. The molecule has 0 radical (unpaired) electrons. The number of nitrogens with zero attached hydrogens (tertiary/aromatic N) is 9. The molecule has 166 valence electrons. The molecule has 10 nitrogen and oxygen atoms in total. The van der Waals surface area contributed by atoms with E-state index in [1.165, 1.54) is 0 Å². The third-order valence-electron chi connectivity index (χ3n) is 5.92. The van der Waals surface area contributed by atoms with Crippen molar-refractivity contribution >= 4 is 11.9 Å². The normalized spacial score (nSPS) is 13.9. The maximum absolute atomic E-state index is 12.8. The van der Waals surface area contributed by atoms with Crippen LogP contribution in [0.3, 0.4) is 0 Å². The molecule has 1 aliphatic heterocycles. The topological polar surface area (TPSA) is 109 Å². The number of hydrogen-bond donors (Lipinski definition) is 0. The van der Waals surface area contributed by atoms with Gasteiger partial charge in [-0.3, -0.25) is 9.48 Å². The Kier molecular flexibility index (Phi) is 6.44. The number of rotatable bonds is 7. The molecule has 1 amide bonds. The first-order valence-corrected chi connectivity index (χ1v) is 10.8. The SMILES string of the molecule is Cc1nn(CCC#N)c(C)c1CCC(=O)N1CCN(c2nnnn2-c2ccccc2)CC1. The zero-order valence-electron chi connectivity index (χ0n) is 18.5. The zero-order chi connectivity index (χ0) is 22.5. The van der Waals surface area contributed by atoms with E-state index >= 15 is 0 Å². The van der Waals surface area contributed by atoms with Gasteiger partial charge in [-0.15, -0.1) is 0 Å². The van der Waals surface area contributed by atoms with Crippen LogP contribution in [0.25, 0.3) is 5.69 Å². The van der Waals surface area contributed by atoms with Crippen molar-refractivity contribution in [3.05, 3.63) is 47.3 Å². The van der Waals surface area contributed by atoms with Crippen molar-refractivity contribution in [2.24, 2.45) is 0 Å². The van der Waals surface area contributed by atoms with Crippen molar-refractivity contribution in [1.82, 2.24) is 34.9 Å². The summed E-state index contributed by atoms with van der Waals surface area (Å²) in [5.41, 5.74) is 4.00. The van der Waals surface area contributed by atoms with Crippen molar-refractivity contribution in [2.45, 2.75) is 39.7 Å². The molecule has 1 aromatic carbocycles. The lowest BCUT2D eigenvalue weighted by atomic mass is 10.1. The Morgan fingerprint density at radius 3 is 2.59 bits per heavy atom. The van der Waals surface area contributed by atoms with Crippen molar-refractivity contribution in [3.63, 3.8) is 0 Å². The van der Waals surface area contributed by atoms with Gasteiger partial charge >= 0.3 is 0 Å². The van der Waals surface area contributed by atoms with Crippen molar-refractivity contribution in [3.8, 4) is 11.8 Å². The van der Waals surface area contributed by atoms with Gasteiger partial charge in [0, 0.05) is 38.3 Å². The molecule has 1 saturated heterocycles. The summed E-state index contributed by atoms with van der Waals surface area (Å²) in [5.74, 6) is 0.843. The van der Waals surface area contributed by atoms with Gasteiger partial charge in [-0.1, -0.05) is 23.3 Å². The molecule has 0 bridgehead atoms. The van der Waals surface area contributed by atoms with Crippen LogP contribution in [0, 0.1) is 25.2 Å². The number of para-hydroxylation sites is 1. The van der Waals surface area contributed by atoms with E-state index < -0.39 is 0 Å². The summed E-state index contributed by atoms with van der Waals surface area (Å²) in [4.78, 5) is 16.9. The van der Waals surface area contributed by atoms with Crippen molar-refractivity contribution in [2.75, 3.05) is 31.1 Å². The van der Waals surface area contributed by atoms with Crippen LogP contribution in [0.5, 0.6) is 0 Å². The summed E-state index contributed by atoms with van der Waals surface area (Å²) in [6.07, 6.45) is 1.54. The lowest BCUT2D eigenvalue weighted by molar-refractivity contribution is -0.131. The Hall–Kier alpha value is -3.74. The summed E-state index contributed by atoms with van der Waals surface area (Å²) in [6, 6.07) is 11.9. The van der Waals surface area contributed by atoms with E-state index in [0.29, 0.717) is 57.9 Å². The van der Waals surface area contributed by atoms with Gasteiger partial charge in [0.2, 0.25) is 11.9 Å². The van der Waals surface area contributed by atoms with E-state index in [2.05, 4.69) is 31.6 Å². The molecule has 0 unspecified atom stereocenters. The van der Waals surface area contributed by atoms with Gasteiger partial charge in [0.1, 0.15) is 0 Å². The molecule has 3 aromatic rings. The molecule has 32 heavy (non-hydrogen) atoms. The Morgan fingerprint density at radius 2 is 1.88 bits per heavy atom. The molecule has 0 spiro atoms. The second-order valence-corrected chi connectivity index (χ2v) is 7.87. The largest absolute Gasteiger partial charge is 0.339 e. The van der Waals surface area contributed by atoms with Crippen molar-refractivity contribution < 1.29 is 4.79 Å². The lowest BCUT2D eigenvalue weighted by Crippen LogP contribution is -2.49. The Labute approximate surface area is 187 Å². The van der Waals surface area contributed by atoms with E-state index in [4.69, 9.17) is 5.26 Å². The number of anilines is 1. The number of benzene rings is 1. The molecule has 0 saturated carbocycles. The summed E-state index contributed by atoms with van der Waals surface area (Å²) < 4.78 is 3.60. The van der Waals surface area contributed by atoms with Crippen LogP contribution in [0.15, 0.2) is 30.3 Å². The molecular weight excluding hydrogens is 406 g/mol. The summed E-state index contributed by atoms with van der Waals surface area (Å²) in [6.45, 7) is 7.20. The third kappa shape index (κ3) is 4.46. The smallest absolute Gasteiger partial charge is 0.250 e. The predicted octanol–water partition coefficient (Wildman–Crippen LogP) is 1.67. The van der Waals surface area contributed by atoms with Crippen LogP contribution in [0.1, 0.15) is 29.8 Å². The third-order valence-corrected chi connectivity index (χ3v) is 5.92. The van der Waals surface area contributed by atoms with Gasteiger partial charge in [-0.25, -0.2) is 0 Å². The standard InChI is InChI=1S/C22H27N9O/c1-17-20(18(2)30(25-17)12-6-11-23)9-10-21(32)28-13-15-29(16-14-28)22-24-26-27-31(22)19-7-4-3-5-8-19/h3-5,7-8H,6,9-10,12-16H2,1-2H3. The number of aryl methyl sites for hydroxylation is 2. The van der Waals surface area contributed by atoms with Crippen LogP contribution >= 0.6 is 0 Å². The molecular formula is C22H27N9O. The summed E-state index contributed by atoms with van der Waals surface area (Å²) >= 11 is 0. The molecule has 3 heterocycles. The second-order valence-electron chi connectivity index (χ2n) is 7.87. The fourth-order valence-corrected chi connectivity index (χ4v) is 4.13. The minimum Gasteiger partial charge on any atom is -0.339 e. The van der Waals surface area contributed by atoms with Crippen LogP contribution in [-0.4, -0.2) is 67.0 Å². The van der Waals surface area contributed by atoms with Gasteiger partial charge in [0.25, 0.3) is 0 Å². The lowest BCUT2D eigenvalue weighted by Gasteiger charge is -2.34. The van der Waals surface area contributed by atoms with Gasteiger partial charge < -0.3 is 9.80 Å². The minimum atomic E-state index is 0.149. The number of carbonyl (C=O) groups excluding carboxylic acids is 1. The molecule has 4 rings (SSSR count). The van der Waals surface area contributed by atoms with Crippen LogP contribution in [0.4, 0.5) is 5.95 Å². The highest BCUT2D eigenvalue weighted by molar-refractivity contribution is 5.76. The second kappa shape index (κ2) is 9.60.